The van der Waals surface area contributed by atoms with Crippen LogP contribution in [0.15, 0.2) is 53.4 Å². The molecular weight excluding hydrogens is 424 g/mol. The third-order valence-electron chi connectivity index (χ3n) is 6.29. The Bertz CT molecular complexity index is 1020. The van der Waals surface area contributed by atoms with Gasteiger partial charge in [-0.3, -0.25) is 4.79 Å². The van der Waals surface area contributed by atoms with E-state index in [2.05, 4.69) is 22.2 Å². The number of amides is 1. The van der Waals surface area contributed by atoms with Crippen LogP contribution in [-0.4, -0.2) is 69.8 Å². The summed E-state index contributed by atoms with van der Waals surface area (Å²) in [5.74, 6) is -0.315. The van der Waals surface area contributed by atoms with Gasteiger partial charge in [0.1, 0.15) is 0 Å². The minimum absolute atomic E-state index is 0.178. The van der Waals surface area contributed by atoms with Crippen molar-refractivity contribution in [2.45, 2.75) is 30.6 Å². The zero-order valence-electron chi connectivity index (χ0n) is 18.7. The topological polar surface area (TPSA) is 73.0 Å². The molecule has 2 aliphatic heterocycles. The maximum absolute atomic E-state index is 13.1. The summed E-state index contributed by atoms with van der Waals surface area (Å²) in [6.07, 6.45) is 3.87. The van der Waals surface area contributed by atoms with Crippen molar-refractivity contribution in [1.29, 1.82) is 0 Å². The van der Waals surface area contributed by atoms with Gasteiger partial charge in [0.15, 0.2) is 0 Å². The molecule has 2 heterocycles. The molecule has 0 spiro atoms. The highest BCUT2D eigenvalue weighted by molar-refractivity contribution is 7.89. The first kappa shape index (κ1) is 22.8. The van der Waals surface area contributed by atoms with Gasteiger partial charge in [-0.2, -0.15) is 4.31 Å². The Kier molecular flexibility index (Phi) is 7.13. The minimum Gasteiger partial charge on any atom is -0.369 e. The van der Waals surface area contributed by atoms with E-state index < -0.39 is 10.0 Å². The van der Waals surface area contributed by atoms with E-state index in [4.69, 9.17) is 0 Å². The molecule has 1 amide bonds. The number of carbonyl (C=O) groups is 1. The quantitative estimate of drug-likeness (QED) is 0.748. The Morgan fingerprint density at radius 2 is 1.50 bits per heavy atom. The SMILES string of the molecule is CN1CCN(c2ccc(NC(=O)c3cccc(S(=O)(=O)N4CCCCCC4)c3)cc2)CC1. The number of anilines is 2. The largest absolute Gasteiger partial charge is 0.369 e. The number of nitrogens with one attached hydrogen (secondary N) is 1. The number of hydrogen-bond acceptors (Lipinski definition) is 5. The maximum Gasteiger partial charge on any atom is 0.255 e. The lowest BCUT2D eigenvalue weighted by Crippen LogP contribution is -2.44. The zero-order chi connectivity index (χ0) is 22.6. The van der Waals surface area contributed by atoms with Gasteiger partial charge in [-0.1, -0.05) is 18.9 Å². The number of benzene rings is 2. The predicted molar refractivity (Wildman–Crippen MR) is 128 cm³/mol. The first-order valence-electron chi connectivity index (χ1n) is 11.4. The summed E-state index contributed by atoms with van der Waals surface area (Å²) in [6, 6.07) is 14.1. The van der Waals surface area contributed by atoms with E-state index in [0.29, 0.717) is 24.3 Å². The van der Waals surface area contributed by atoms with E-state index in [9.17, 15) is 13.2 Å². The lowest BCUT2D eigenvalue weighted by molar-refractivity contribution is 0.102. The predicted octanol–water partition coefficient (Wildman–Crippen LogP) is 3.26. The van der Waals surface area contributed by atoms with Crippen molar-refractivity contribution in [3.8, 4) is 0 Å². The number of nitrogens with zero attached hydrogens (tertiary/aromatic N) is 3. The fourth-order valence-electron chi connectivity index (χ4n) is 4.25. The summed E-state index contributed by atoms with van der Waals surface area (Å²) in [4.78, 5) is 17.6. The number of piperazine rings is 1. The molecule has 0 unspecified atom stereocenters. The Morgan fingerprint density at radius 3 is 2.16 bits per heavy atom. The second-order valence-corrected chi connectivity index (χ2v) is 10.6. The van der Waals surface area contributed by atoms with Gasteiger partial charge < -0.3 is 15.1 Å². The molecule has 0 radical (unpaired) electrons. The molecule has 32 heavy (non-hydrogen) atoms. The highest BCUT2D eigenvalue weighted by atomic mass is 32.2. The zero-order valence-corrected chi connectivity index (χ0v) is 19.5. The second-order valence-electron chi connectivity index (χ2n) is 8.64. The van der Waals surface area contributed by atoms with Gasteiger partial charge in [0.2, 0.25) is 10.0 Å². The first-order chi connectivity index (χ1) is 15.4. The average molecular weight is 457 g/mol. The summed E-state index contributed by atoms with van der Waals surface area (Å²) < 4.78 is 27.7. The van der Waals surface area contributed by atoms with E-state index in [0.717, 1.165) is 57.5 Å². The molecule has 172 valence electrons. The number of likely N-dealkylation sites (N-methyl/N-ethyl adjacent to an activating group) is 1. The summed E-state index contributed by atoms with van der Waals surface area (Å²) >= 11 is 0. The fourth-order valence-corrected chi connectivity index (χ4v) is 5.82. The molecular formula is C24H32N4O3S. The van der Waals surface area contributed by atoms with Crippen LogP contribution in [0.5, 0.6) is 0 Å². The van der Waals surface area contributed by atoms with Crippen LogP contribution >= 0.6 is 0 Å². The van der Waals surface area contributed by atoms with E-state index in [-0.39, 0.29) is 10.8 Å². The van der Waals surface area contributed by atoms with Crippen molar-refractivity contribution in [3.05, 3.63) is 54.1 Å². The van der Waals surface area contributed by atoms with E-state index in [1.807, 2.05) is 24.3 Å². The molecule has 2 saturated heterocycles. The van der Waals surface area contributed by atoms with E-state index in [1.165, 1.54) is 6.07 Å². The summed E-state index contributed by atoms with van der Waals surface area (Å²) in [5.41, 5.74) is 2.17. The average Bonchev–Trinajstić information content (AvgIpc) is 3.11. The monoisotopic (exact) mass is 456 g/mol. The van der Waals surface area contributed by atoms with Gasteiger partial charge in [-0.15, -0.1) is 0 Å². The van der Waals surface area contributed by atoms with Crippen molar-refractivity contribution in [2.75, 3.05) is 56.5 Å². The molecule has 2 aromatic rings. The number of carbonyl (C=O) groups excluding carboxylic acids is 1. The van der Waals surface area contributed by atoms with Gasteiger partial charge >= 0.3 is 0 Å². The van der Waals surface area contributed by atoms with Crippen LogP contribution in [0.1, 0.15) is 36.0 Å². The van der Waals surface area contributed by atoms with Crippen LogP contribution in [0.3, 0.4) is 0 Å². The summed E-state index contributed by atoms with van der Waals surface area (Å²) in [6.45, 7) is 5.13. The number of hydrogen-bond donors (Lipinski definition) is 1. The molecule has 2 aromatic carbocycles. The van der Waals surface area contributed by atoms with Gasteiger partial charge in [0.25, 0.3) is 5.91 Å². The highest BCUT2D eigenvalue weighted by Crippen LogP contribution is 2.23. The second kappa shape index (κ2) is 10.0. The Morgan fingerprint density at radius 1 is 0.844 bits per heavy atom. The Labute approximate surface area is 191 Å². The normalized spacial score (nSPS) is 18.8. The van der Waals surface area contributed by atoms with Crippen molar-refractivity contribution < 1.29 is 13.2 Å². The van der Waals surface area contributed by atoms with Crippen LogP contribution in [0.2, 0.25) is 0 Å². The highest BCUT2D eigenvalue weighted by Gasteiger charge is 2.26. The smallest absolute Gasteiger partial charge is 0.255 e. The molecule has 7 nitrogen and oxygen atoms in total. The lowest BCUT2D eigenvalue weighted by Gasteiger charge is -2.34. The van der Waals surface area contributed by atoms with Gasteiger partial charge in [-0.05, 0) is 62.4 Å². The molecule has 0 bridgehead atoms. The third kappa shape index (κ3) is 5.31. The minimum atomic E-state index is -3.59. The summed E-state index contributed by atoms with van der Waals surface area (Å²) in [7, 11) is -1.46. The van der Waals surface area contributed by atoms with Crippen LogP contribution < -0.4 is 10.2 Å². The molecule has 4 rings (SSSR count). The molecule has 0 aromatic heterocycles. The molecule has 2 fully saturated rings. The maximum atomic E-state index is 13.1. The van der Waals surface area contributed by atoms with Gasteiger partial charge in [-0.25, -0.2) is 8.42 Å². The van der Waals surface area contributed by atoms with Crippen molar-refractivity contribution in [3.63, 3.8) is 0 Å². The van der Waals surface area contributed by atoms with Crippen molar-refractivity contribution in [2.24, 2.45) is 0 Å². The third-order valence-corrected chi connectivity index (χ3v) is 8.19. The molecule has 2 aliphatic rings. The van der Waals surface area contributed by atoms with Crippen LogP contribution in [0.4, 0.5) is 11.4 Å². The summed E-state index contributed by atoms with van der Waals surface area (Å²) in [5, 5.41) is 2.89. The van der Waals surface area contributed by atoms with Crippen LogP contribution in [0.25, 0.3) is 0 Å². The molecule has 0 saturated carbocycles. The van der Waals surface area contributed by atoms with Gasteiger partial charge in [0, 0.05) is 56.2 Å². The standard InChI is InChI=1S/C24H32N4O3S/c1-26-15-17-27(18-16-26)22-11-9-21(10-12-22)25-24(29)20-7-6-8-23(19-20)32(30,31)28-13-4-2-3-5-14-28/h6-12,19H,2-5,13-18H2,1H3,(H,25,29). The first-order valence-corrected chi connectivity index (χ1v) is 12.8. The molecule has 0 aliphatic carbocycles. The number of sulfonamides is 1. The van der Waals surface area contributed by atoms with Gasteiger partial charge in [0.05, 0.1) is 4.90 Å². The molecule has 1 N–H and O–H groups in total. The Hall–Kier alpha value is -2.42. The Balaban J connectivity index is 1.43. The van der Waals surface area contributed by atoms with Crippen molar-refractivity contribution >= 4 is 27.3 Å². The fraction of sp³-hybridized carbons (Fsp3) is 0.458. The molecule has 8 heteroatoms. The van der Waals surface area contributed by atoms with Crippen molar-refractivity contribution in [1.82, 2.24) is 9.21 Å². The number of rotatable bonds is 5. The van der Waals surface area contributed by atoms with E-state index >= 15 is 0 Å². The lowest BCUT2D eigenvalue weighted by atomic mass is 10.2. The molecule has 0 atom stereocenters. The van der Waals surface area contributed by atoms with E-state index in [1.54, 1.807) is 22.5 Å². The van der Waals surface area contributed by atoms with Crippen LogP contribution in [-0.2, 0) is 10.0 Å². The van der Waals surface area contributed by atoms with Crippen LogP contribution in [0, 0.1) is 0 Å².